The quantitative estimate of drug-likeness (QED) is 0.679. The predicted octanol–water partition coefficient (Wildman–Crippen LogP) is 1.10. The average molecular weight is 250 g/mol. The zero-order chi connectivity index (χ0) is 13.2. The maximum atomic E-state index is 11.6. The van der Waals surface area contributed by atoms with Gasteiger partial charge in [0.25, 0.3) is 0 Å². The Kier molecular flexibility index (Phi) is 7.06. The molecule has 0 unspecified atom stereocenters. The molecule has 0 bridgehead atoms. The van der Waals surface area contributed by atoms with Crippen LogP contribution in [0, 0.1) is 0 Å². The van der Waals surface area contributed by atoms with Gasteiger partial charge in [-0.2, -0.15) is 0 Å². The van der Waals surface area contributed by atoms with Gasteiger partial charge in [-0.3, -0.25) is 4.79 Å². The second-order valence-corrected chi connectivity index (χ2v) is 4.07. The number of benzene rings is 1. The summed E-state index contributed by atoms with van der Waals surface area (Å²) in [5, 5.41) is 5.92. The zero-order valence-electron chi connectivity index (χ0n) is 11.2. The molecule has 0 fully saturated rings. The van der Waals surface area contributed by atoms with Crippen molar-refractivity contribution in [1.82, 2.24) is 10.6 Å². The van der Waals surface area contributed by atoms with Crippen molar-refractivity contribution in [2.45, 2.75) is 19.9 Å². The number of nitrogens with one attached hydrogen (secondary N) is 2. The van der Waals surface area contributed by atoms with E-state index in [1.165, 1.54) is 11.1 Å². The molecule has 1 rings (SSSR count). The number of hydrogen-bond acceptors (Lipinski definition) is 3. The molecule has 0 aliphatic carbocycles. The fourth-order valence-electron chi connectivity index (χ4n) is 1.71. The largest absolute Gasteiger partial charge is 0.383 e. The zero-order valence-corrected chi connectivity index (χ0v) is 11.2. The number of methoxy groups -OCH3 is 1. The van der Waals surface area contributed by atoms with E-state index in [-0.39, 0.29) is 5.91 Å². The minimum absolute atomic E-state index is 0.0111. The number of amides is 1. The number of carbonyl (C=O) groups excluding carboxylic acids is 1. The van der Waals surface area contributed by atoms with Crippen LogP contribution in [0.3, 0.4) is 0 Å². The van der Waals surface area contributed by atoms with Gasteiger partial charge >= 0.3 is 0 Å². The van der Waals surface area contributed by atoms with Crippen LogP contribution in [0.5, 0.6) is 0 Å². The second kappa shape index (κ2) is 8.66. The van der Waals surface area contributed by atoms with E-state index >= 15 is 0 Å². The van der Waals surface area contributed by atoms with Crippen LogP contribution in [0.1, 0.15) is 18.1 Å². The molecule has 0 saturated carbocycles. The molecule has 0 aliphatic heterocycles. The maximum absolute atomic E-state index is 11.6. The third kappa shape index (κ3) is 5.29. The lowest BCUT2D eigenvalue weighted by Crippen LogP contribution is -2.35. The van der Waals surface area contributed by atoms with Crippen molar-refractivity contribution < 1.29 is 9.53 Å². The third-order valence-electron chi connectivity index (χ3n) is 2.74. The summed E-state index contributed by atoms with van der Waals surface area (Å²) in [7, 11) is 1.64. The molecular formula is C14H22N2O2. The van der Waals surface area contributed by atoms with E-state index < -0.39 is 0 Å². The molecule has 0 aromatic heterocycles. The lowest BCUT2D eigenvalue weighted by atomic mass is 10.1. The molecule has 4 heteroatoms. The Morgan fingerprint density at radius 1 is 1.28 bits per heavy atom. The van der Waals surface area contributed by atoms with Crippen LogP contribution in [0.2, 0.25) is 0 Å². The maximum Gasteiger partial charge on any atom is 0.234 e. The summed E-state index contributed by atoms with van der Waals surface area (Å²) in [6.45, 7) is 4.35. The van der Waals surface area contributed by atoms with Crippen molar-refractivity contribution in [1.29, 1.82) is 0 Å². The van der Waals surface area contributed by atoms with E-state index in [4.69, 9.17) is 4.74 Å². The van der Waals surface area contributed by atoms with Crippen molar-refractivity contribution >= 4 is 5.91 Å². The summed E-state index contributed by atoms with van der Waals surface area (Å²) >= 11 is 0. The van der Waals surface area contributed by atoms with E-state index in [1.807, 2.05) is 12.1 Å². The van der Waals surface area contributed by atoms with E-state index in [9.17, 15) is 4.79 Å². The highest BCUT2D eigenvalue weighted by Crippen LogP contribution is 2.08. The SMILES string of the molecule is CCc1ccccc1CNC(=O)CNCCOC. The van der Waals surface area contributed by atoms with E-state index in [0.29, 0.717) is 26.2 Å². The van der Waals surface area contributed by atoms with Crippen molar-refractivity contribution in [3.8, 4) is 0 Å². The predicted molar refractivity (Wildman–Crippen MR) is 72.4 cm³/mol. The van der Waals surface area contributed by atoms with Gasteiger partial charge in [0.05, 0.1) is 13.2 Å². The monoisotopic (exact) mass is 250 g/mol. The molecule has 1 amide bonds. The topological polar surface area (TPSA) is 50.4 Å². The molecule has 4 nitrogen and oxygen atoms in total. The molecule has 0 spiro atoms. The first-order chi connectivity index (χ1) is 8.77. The minimum atomic E-state index is 0.0111. The van der Waals surface area contributed by atoms with Crippen LogP contribution >= 0.6 is 0 Å². The number of aryl methyl sites for hydroxylation is 1. The summed E-state index contributed by atoms with van der Waals surface area (Å²) < 4.78 is 4.89. The van der Waals surface area contributed by atoms with Crippen molar-refractivity contribution in [3.05, 3.63) is 35.4 Å². The molecule has 2 N–H and O–H groups in total. The van der Waals surface area contributed by atoms with Crippen molar-refractivity contribution in [2.75, 3.05) is 26.8 Å². The Bertz CT molecular complexity index is 367. The summed E-state index contributed by atoms with van der Waals surface area (Å²) in [6.07, 6.45) is 0.984. The molecule has 1 aromatic carbocycles. The molecule has 100 valence electrons. The molecule has 0 aliphatic rings. The van der Waals surface area contributed by atoms with Crippen LogP contribution in [0.15, 0.2) is 24.3 Å². The van der Waals surface area contributed by atoms with Gasteiger partial charge < -0.3 is 15.4 Å². The highest BCUT2D eigenvalue weighted by atomic mass is 16.5. The summed E-state index contributed by atoms with van der Waals surface area (Å²) in [5.74, 6) is 0.0111. The summed E-state index contributed by atoms with van der Waals surface area (Å²) in [5.41, 5.74) is 2.47. The molecule has 18 heavy (non-hydrogen) atoms. The molecule has 1 aromatic rings. The van der Waals surface area contributed by atoms with Crippen LogP contribution in [0.4, 0.5) is 0 Å². The summed E-state index contributed by atoms with van der Waals surface area (Å²) in [6, 6.07) is 8.17. The Balaban J connectivity index is 2.29. The summed E-state index contributed by atoms with van der Waals surface area (Å²) in [4.78, 5) is 11.6. The van der Waals surface area contributed by atoms with Gasteiger partial charge in [-0.1, -0.05) is 31.2 Å². The molecule has 0 radical (unpaired) electrons. The second-order valence-electron chi connectivity index (χ2n) is 4.07. The Labute approximate surface area is 109 Å². The minimum Gasteiger partial charge on any atom is -0.383 e. The first-order valence-electron chi connectivity index (χ1n) is 6.31. The number of ether oxygens (including phenoxy) is 1. The molecular weight excluding hydrogens is 228 g/mol. The highest BCUT2D eigenvalue weighted by molar-refractivity contribution is 5.77. The van der Waals surface area contributed by atoms with E-state index in [1.54, 1.807) is 7.11 Å². The highest BCUT2D eigenvalue weighted by Gasteiger charge is 2.03. The van der Waals surface area contributed by atoms with Gasteiger partial charge in [0.1, 0.15) is 0 Å². The molecule has 0 saturated heterocycles. The van der Waals surface area contributed by atoms with Crippen LogP contribution in [-0.4, -0.2) is 32.7 Å². The third-order valence-corrected chi connectivity index (χ3v) is 2.74. The normalized spacial score (nSPS) is 10.3. The van der Waals surface area contributed by atoms with Gasteiger partial charge in [-0.05, 0) is 17.5 Å². The van der Waals surface area contributed by atoms with Gasteiger partial charge in [0.2, 0.25) is 5.91 Å². The lowest BCUT2D eigenvalue weighted by molar-refractivity contribution is -0.120. The number of hydrogen-bond donors (Lipinski definition) is 2. The Hall–Kier alpha value is -1.39. The lowest BCUT2D eigenvalue weighted by Gasteiger charge is -2.09. The van der Waals surface area contributed by atoms with Crippen LogP contribution in [0.25, 0.3) is 0 Å². The van der Waals surface area contributed by atoms with Crippen molar-refractivity contribution in [3.63, 3.8) is 0 Å². The van der Waals surface area contributed by atoms with Crippen LogP contribution < -0.4 is 10.6 Å². The standard InChI is InChI=1S/C14H22N2O2/c1-3-12-6-4-5-7-13(12)10-16-14(17)11-15-8-9-18-2/h4-7,15H,3,8-11H2,1-2H3,(H,16,17). The first-order valence-corrected chi connectivity index (χ1v) is 6.31. The molecule has 0 atom stereocenters. The van der Waals surface area contributed by atoms with Gasteiger partial charge in [0.15, 0.2) is 0 Å². The van der Waals surface area contributed by atoms with Gasteiger partial charge in [-0.15, -0.1) is 0 Å². The molecule has 0 heterocycles. The van der Waals surface area contributed by atoms with Gasteiger partial charge in [0, 0.05) is 20.2 Å². The Morgan fingerprint density at radius 3 is 2.67 bits per heavy atom. The Morgan fingerprint density at radius 2 is 2.00 bits per heavy atom. The van der Waals surface area contributed by atoms with E-state index in [2.05, 4.69) is 29.7 Å². The number of rotatable bonds is 8. The van der Waals surface area contributed by atoms with Crippen LogP contribution in [-0.2, 0) is 22.5 Å². The first kappa shape index (κ1) is 14.7. The van der Waals surface area contributed by atoms with Crippen molar-refractivity contribution in [2.24, 2.45) is 0 Å². The number of carbonyl (C=O) groups is 1. The van der Waals surface area contributed by atoms with Gasteiger partial charge in [-0.25, -0.2) is 0 Å². The fraction of sp³-hybridized carbons (Fsp3) is 0.500. The smallest absolute Gasteiger partial charge is 0.234 e. The average Bonchev–Trinajstić information content (AvgIpc) is 2.41. The fourth-order valence-corrected chi connectivity index (χ4v) is 1.71. The van der Waals surface area contributed by atoms with E-state index in [0.717, 1.165) is 6.42 Å².